The van der Waals surface area contributed by atoms with Crippen LogP contribution in [0.15, 0.2) is 42.5 Å². The zero-order valence-corrected chi connectivity index (χ0v) is 10.4. The molecule has 1 N–H and O–H groups in total. The van der Waals surface area contributed by atoms with Crippen LogP contribution in [0.25, 0.3) is 0 Å². The molecule has 0 aliphatic carbocycles. The molecule has 0 aliphatic rings. The third kappa shape index (κ3) is 3.00. The molecular formula is C13H8ClN3O2. The van der Waals surface area contributed by atoms with Gasteiger partial charge in [0.05, 0.1) is 4.92 Å². The lowest BCUT2D eigenvalue weighted by Gasteiger charge is -2.06. The van der Waals surface area contributed by atoms with E-state index in [2.05, 4.69) is 5.32 Å². The van der Waals surface area contributed by atoms with Gasteiger partial charge in [0.2, 0.25) is 0 Å². The molecule has 0 radical (unpaired) electrons. The van der Waals surface area contributed by atoms with Crippen LogP contribution in [0.5, 0.6) is 0 Å². The number of rotatable bonds is 3. The molecule has 0 saturated heterocycles. The van der Waals surface area contributed by atoms with Crippen molar-refractivity contribution in [1.29, 1.82) is 5.26 Å². The van der Waals surface area contributed by atoms with Crippen molar-refractivity contribution in [1.82, 2.24) is 0 Å². The van der Waals surface area contributed by atoms with E-state index in [0.29, 0.717) is 10.7 Å². The number of nitriles is 1. The van der Waals surface area contributed by atoms with Crippen LogP contribution >= 0.6 is 11.6 Å². The van der Waals surface area contributed by atoms with E-state index in [0.717, 1.165) is 5.69 Å². The minimum absolute atomic E-state index is 0.0176. The second-order valence-electron chi connectivity index (χ2n) is 3.73. The highest BCUT2D eigenvalue weighted by molar-refractivity contribution is 6.30. The SMILES string of the molecule is N#Cc1cc(Nc2ccc(Cl)cc2)ccc1[N+](=O)[O-]. The first-order valence-electron chi connectivity index (χ1n) is 5.31. The molecule has 2 rings (SSSR count). The molecule has 5 nitrogen and oxygen atoms in total. The van der Waals surface area contributed by atoms with Crippen molar-refractivity contribution in [2.45, 2.75) is 0 Å². The van der Waals surface area contributed by atoms with Crippen molar-refractivity contribution in [3.05, 3.63) is 63.2 Å². The van der Waals surface area contributed by atoms with E-state index < -0.39 is 4.92 Å². The molecule has 0 spiro atoms. The van der Waals surface area contributed by atoms with E-state index in [1.165, 1.54) is 12.1 Å². The average molecular weight is 274 g/mol. The summed E-state index contributed by atoms with van der Waals surface area (Å²) in [6.45, 7) is 0. The number of nitrogens with zero attached hydrogens (tertiary/aromatic N) is 2. The Bertz CT molecular complexity index is 663. The zero-order valence-electron chi connectivity index (χ0n) is 9.63. The lowest BCUT2D eigenvalue weighted by atomic mass is 10.1. The summed E-state index contributed by atoms with van der Waals surface area (Å²) in [5, 5.41) is 23.3. The van der Waals surface area contributed by atoms with Crippen LogP contribution < -0.4 is 5.32 Å². The molecule has 0 atom stereocenters. The second kappa shape index (κ2) is 5.38. The normalized spacial score (nSPS) is 9.68. The van der Waals surface area contributed by atoms with E-state index in [-0.39, 0.29) is 11.3 Å². The predicted molar refractivity (Wildman–Crippen MR) is 72.5 cm³/mol. The topological polar surface area (TPSA) is 79.0 Å². The summed E-state index contributed by atoms with van der Waals surface area (Å²) < 4.78 is 0. The van der Waals surface area contributed by atoms with Gasteiger partial charge >= 0.3 is 0 Å². The lowest BCUT2D eigenvalue weighted by molar-refractivity contribution is -0.385. The summed E-state index contributed by atoms with van der Waals surface area (Å²) in [6.07, 6.45) is 0. The molecule has 2 aromatic rings. The van der Waals surface area contributed by atoms with Crippen LogP contribution in [0.4, 0.5) is 17.1 Å². The fourth-order valence-electron chi connectivity index (χ4n) is 1.56. The van der Waals surface area contributed by atoms with E-state index in [4.69, 9.17) is 16.9 Å². The summed E-state index contributed by atoms with van der Waals surface area (Å²) in [7, 11) is 0. The highest BCUT2D eigenvalue weighted by Crippen LogP contribution is 2.24. The molecule has 0 fully saturated rings. The molecule has 0 unspecified atom stereocenters. The molecule has 94 valence electrons. The standard InChI is InChI=1S/C13H8ClN3O2/c14-10-1-3-11(4-2-10)16-12-5-6-13(17(18)19)9(7-12)8-15/h1-7,16H. The monoisotopic (exact) mass is 273 g/mol. The highest BCUT2D eigenvalue weighted by Gasteiger charge is 2.13. The summed E-state index contributed by atoms with van der Waals surface area (Å²) in [6, 6.07) is 13.1. The van der Waals surface area contributed by atoms with Gasteiger partial charge in [0, 0.05) is 22.5 Å². The molecular weight excluding hydrogens is 266 g/mol. The molecule has 0 aliphatic heterocycles. The molecule has 0 bridgehead atoms. The lowest BCUT2D eigenvalue weighted by Crippen LogP contribution is -1.95. The van der Waals surface area contributed by atoms with Gasteiger partial charge in [0.25, 0.3) is 5.69 Å². The van der Waals surface area contributed by atoms with Crippen molar-refractivity contribution in [3.63, 3.8) is 0 Å². The van der Waals surface area contributed by atoms with Crippen molar-refractivity contribution in [2.75, 3.05) is 5.32 Å². The zero-order chi connectivity index (χ0) is 13.8. The molecule has 2 aromatic carbocycles. The molecule has 0 heterocycles. The number of hydrogen-bond donors (Lipinski definition) is 1. The Morgan fingerprint density at radius 1 is 1.16 bits per heavy atom. The quantitative estimate of drug-likeness (QED) is 0.680. The van der Waals surface area contributed by atoms with Crippen molar-refractivity contribution < 1.29 is 4.92 Å². The third-order valence-corrected chi connectivity index (χ3v) is 2.70. The van der Waals surface area contributed by atoms with E-state index >= 15 is 0 Å². The fraction of sp³-hybridized carbons (Fsp3) is 0. The van der Waals surface area contributed by atoms with Gasteiger partial charge in [-0.2, -0.15) is 5.26 Å². The van der Waals surface area contributed by atoms with Gasteiger partial charge in [0.1, 0.15) is 11.6 Å². The summed E-state index contributed by atoms with van der Waals surface area (Å²) in [5.41, 5.74) is 1.19. The number of anilines is 2. The smallest absolute Gasteiger partial charge is 0.287 e. The largest absolute Gasteiger partial charge is 0.355 e. The Morgan fingerprint density at radius 2 is 1.79 bits per heavy atom. The number of nitro benzene ring substituents is 1. The van der Waals surface area contributed by atoms with Gasteiger partial charge in [-0.3, -0.25) is 10.1 Å². The maximum atomic E-state index is 10.7. The molecule has 0 aromatic heterocycles. The predicted octanol–water partition coefficient (Wildman–Crippen LogP) is 3.86. The number of nitro groups is 1. The van der Waals surface area contributed by atoms with E-state index in [1.807, 2.05) is 6.07 Å². The van der Waals surface area contributed by atoms with Gasteiger partial charge in [-0.05, 0) is 36.4 Å². The highest BCUT2D eigenvalue weighted by atomic mass is 35.5. The van der Waals surface area contributed by atoms with Crippen LogP contribution in [0.1, 0.15) is 5.56 Å². The van der Waals surface area contributed by atoms with Crippen molar-refractivity contribution in [2.24, 2.45) is 0 Å². The molecule has 0 amide bonds. The van der Waals surface area contributed by atoms with Crippen LogP contribution in [0.2, 0.25) is 5.02 Å². The number of benzene rings is 2. The third-order valence-electron chi connectivity index (χ3n) is 2.45. The average Bonchev–Trinajstić information content (AvgIpc) is 2.41. The van der Waals surface area contributed by atoms with Crippen molar-refractivity contribution in [3.8, 4) is 6.07 Å². The van der Waals surface area contributed by atoms with Crippen LogP contribution in [0.3, 0.4) is 0 Å². The van der Waals surface area contributed by atoms with Gasteiger partial charge in [-0.25, -0.2) is 0 Å². The van der Waals surface area contributed by atoms with Gasteiger partial charge in [0.15, 0.2) is 0 Å². The molecule has 6 heteroatoms. The van der Waals surface area contributed by atoms with Gasteiger partial charge in [-0.1, -0.05) is 11.6 Å². The van der Waals surface area contributed by atoms with Crippen LogP contribution in [0, 0.1) is 21.4 Å². The Kier molecular flexibility index (Phi) is 3.64. The van der Waals surface area contributed by atoms with Crippen LogP contribution in [-0.4, -0.2) is 4.92 Å². The Morgan fingerprint density at radius 3 is 2.37 bits per heavy atom. The second-order valence-corrected chi connectivity index (χ2v) is 4.17. The van der Waals surface area contributed by atoms with Crippen molar-refractivity contribution >= 4 is 28.7 Å². The minimum Gasteiger partial charge on any atom is -0.355 e. The van der Waals surface area contributed by atoms with Gasteiger partial charge < -0.3 is 5.32 Å². The maximum Gasteiger partial charge on any atom is 0.287 e. The number of hydrogen-bond acceptors (Lipinski definition) is 4. The summed E-state index contributed by atoms with van der Waals surface area (Å²) >= 11 is 5.77. The number of nitrogens with one attached hydrogen (secondary N) is 1. The van der Waals surface area contributed by atoms with E-state index in [9.17, 15) is 10.1 Å². The van der Waals surface area contributed by atoms with Gasteiger partial charge in [-0.15, -0.1) is 0 Å². The summed E-state index contributed by atoms with van der Waals surface area (Å²) in [4.78, 5) is 10.1. The Balaban J connectivity index is 2.29. The first kappa shape index (κ1) is 12.9. The summed E-state index contributed by atoms with van der Waals surface area (Å²) in [5.74, 6) is 0. The Labute approximate surface area is 114 Å². The first-order chi connectivity index (χ1) is 9.10. The molecule has 19 heavy (non-hydrogen) atoms. The molecule has 0 saturated carbocycles. The van der Waals surface area contributed by atoms with Crippen LogP contribution in [-0.2, 0) is 0 Å². The van der Waals surface area contributed by atoms with E-state index in [1.54, 1.807) is 30.3 Å². The first-order valence-corrected chi connectivity index (χ1v) is 5.69. The minimum atomic E-state index is -0.579. The Hall–Kier alpha value is -2.58. The number of halogens is 1. The fourth-order valence-corrected chi connectivity index (χ4v) is 1.69. The maximum absolute atomic E-state index is 10.7.